The normalized spacial score (nSPS) is 12.2. The van der Waals surface area contributed by atoms with Gasteiger partial charge in [0.25, 0.3) is 5.91 Å². The zero-order chi connectivity index (χ0) is 21.4. The maximum Gasteiger partial charge on any atom is 0.436 e. The van der Waals surface area contributed by atoms with E-state index in [9.17, 15) is 31.1 Å². The Balaban J connectivity index is 1.90. The maximum absolute atomic E-state index is 13.3. The number of halogens is 6. The van der Waals surface area contributed by atoms with Gasteiger partial charge in [-0.3, -0.25) is 9.48 Å². The highest BCUT2D eigenvalue weighted by atomic mass is 32.1. The summed E-state index contributed by atoms with van der Waals surface area (Å²) < 4.78 is 79.6. The molecule has 2 aromatic heterocycles. The third-order valence-electron chi connectivity index (χ3n) is 3.83. The Bertz CT molecular complexity index is 1040. The lowest BCUT2D eigenvalue weighted by atomic mass is 10.1. The van der Waals surface area contributed by atoms with Crippen molar-refractivity contribution in [2.45, 2.75) is 18.8 Å². The average molecular weight is 434 g/mol. The summed E-state index contributed by atoms with van der Waals surface area (Å²) in [6.07, 6.45) is -8.36. The van der Waals surface area contributed by atoms with Gasteiger partial charge >= 0.3 is 12.4 Å². The Morgan fingerprint density at radius 1 is 1.14 bits per heavy atom. The van der Waals surface area contributed by atoms with E-state index in [0.29, 0.717) is 11.3 Å². The molecule has 3 rings (SSSR count). The second-order valence-corrected chi connectivity index (χ2v) is 7.04. The van der Waals surface area contributed by atoms with Gasteiger partial charge in [0.1, 0.15) is 10.7 Å². The number of benzene rings is 1. The summed E-state index contributed by atoms with van der Waals surface area (Å²) >= 11 is 0.552. The van der Waals surface area contributed by atoms with Crippen LogP contribution in [-0.2, 0) is 25.8 Å². The number of carbonyl (C=O) groups excluding carboxylic acids is 1. The summed E-state index contributed by atoms with van der Waals surface area (Å²) in [5, 5.41) is 5.30. The molecule has 29 heavy (non-hydrogen) atoms. The van der Waals surface area contributed by atoms with Crippen LogP contribution >= 0.6 is 11.3 Å². The van der Waals surface area contributed by atoms with Crippen molar-refractivity contribution < 1.29 is 31.1 Å². The van der Waals surface area contributed by atoms with E-state index in [1.54, 1.807) is 0 Å². The number of rotatable bonds is 4. The quantitative estimate of drug-likeness (QED) is 0.603. The molecule has 0 aliphatic carbocycles. The molecule has 0 saturated carbocycles. The Morgan fingerprint density at radius 2 is 1.86 bits per heavy atom. The zero-order valence-electron chi connectivity index (χ0n) is 14.6. The summed E-state index contributed by atoms with van der Waals surface area (Å²) in [6, 6.07) is 5.57. The van der Waals surface area contributed by atoms with Gasteiger partial charge in [-0.2, -0.15) is 31.4 Å². The molecule has 0 radical (unpaired) electrons. The minimum absolute atomic E-state index is 0.0333. The van der Waals surface area contributed by atoms with Gasteiger partial charge < -0.3 is 5.32 Å². The Kier molecular flexibility index (Phi) is 5.39. The van der Waals surface area contributed by atoms with E-state index in [2.05, 4.69) is 15.4 Å². The number of hydrogen-bond acceptors (Lipinski definition) is 4. The second-order valence-electron chi connectivity index (χ2n) is 5.95. The van der Waals surface area contributed by atoms with Gasteiger partial charge in [-0.1, -0.05) is 18.2 Å². The van der Waals surface area contributed by atoms with Crippen LogP contribution in [0.5, 0.6) is 0 Å². The SMILES string of the molecule is Cn1nccc1C(=O)Nc1sc(Cc2cccc(C(F)(F)F)c2)nc1C(F)(F)F. The summed E-state index contributed by atoms with van der Waals surface area (Å²) in [6.45, 7) is 0. The average Bonchev–Trinajstić information content (AvgIpc) is 3.20. The van der Waals surface area contributed by atoms with E-state index in [1.807, 2.05) is 0 Å². The number of alkyl halides is 6. The molecular formula is C17H12F6N4OS. The van der Waals surface area contributed by atoms with Crippen molar-refractivity contribution in [3.05, 3.63) is 64.1 Å². The number of amides is 1. The van der Waals surface area contributed by atoms with E-state index in [0.717, 1.165) is 12.1 Å². The molecule has 154 valence electrons. The molecule has 0 bridgehead atoms. The van der Waals surface area contributed by atoms with Crippen LogP contribution in [0.4, 0.5) is 31.3 Å². The molecule has 0 aliphatic rings. The van der Waals surface area contributed by atoms with E-state index < -0.39 is 34.5 Å². The van der Waals surface area contributed by atoms with E-state index in [-0.39, 0.29) is 22.7 Å². The van der Waals surface area contributed by atoms with E-state index >= 15 is 0 Å². The number of thiazole rings is 1. The predicted molar refractivity (Wildman–Crippen MR) is 92.5 cm³/mol. The molecule has 5 nitrogen and oxygen atoms in total. The van der Waals surface area contributed by atoms with E-state index in [4.69, 9.17) is 0 Å². The molecule has 3 aromatic rings. The molecule has 0 fully saturated rings. The monoisotopic (exact) mass is 434 g/mol. The van der Waals surface area contributed by atoms with Crippen molar-refractivity contribution in [1.82, 2.24) is 14.8 Å². The molecule has 1 amide bonds. The lowest BCUT2D eigenvalue weighted by molar-refractivity contribution is -0.140. The summed E-state index contributed by atoms with van der Waals surface area (Å²) in [5.41, 5.74) is -2.04. The second kappa shape index (κ2) is 7.50. The fraction of sp³-hybridized carbons (Fsp3) is 0.235. The van der Waals surface area contributed by atoms with Crippen molar-refractivity contribution in [1.29, 1.82) is 0 Å². The van der Waals surface area contributed by atoms with Gasteiger partial charge in [0, 0.05) is 19.7 Å². The van der Waals surface area contributed by atoms with Crippen LogP contribution in [0.3, 0.4) is 0 Å². The number of carbonyl (C=O) groups is 1. The number of hydrogen-bond donors (Lipinski definition) is 1. The molecule has 0 saturated heterocycles. The van der Waals surface area contributed by atoms with Crippen LogP contribution in [0.2, 0.25) is 0 Å². The number of nitrogens with zero attached hydrogens (tertiary/aromatic N) is 3. The molecule has 12 heteroatoms. The Hall–Kier alpha value is -2.89. The van der Waals surface area contributed by atoms with Gasteiger partial charge in [-0.15, -0.1) is 11.3 Å². The van der Waals surface area contributed by atoms with Gasteiger partial charge in [0.2, 0.25) is 0 Å². The van der Waals surface area contributed by atoms with Crippen molar-refractivity contribution >= 4 is 22.2 Å². The molecular weight excluding hydrogens is 422 g/mol. The topological polar surface area (TPSA) is 59.8 Å². The summed E-state index contributed by atoms with van der Waals surface area (Å²) in [7, 11) is 1.45. The minimum atomic E-state index is -4.85. The molecule has 1 N–H and O–H groups in total. The van der Waals surface area contributed by atoms with Crippen LogP contribution in [0, 0.1) is 0 Å². The number of aryl methyl sites for hydroxylation is 1. The van der Waals surface area contributed by atoms with Crippen LogP contribution in [0.15, 0.2) is 36.5 Å². The Morgan fingerprint density at radius 3 is 2.45 bits per heavy atom. The van der Waals surface area contributed by atoms with Crippen molar-refractivity contribution in [3.63, 3.8) is 0 Å². The molecule has 0 unspecified atom stereocenters. The van der Waals surface area contributed by atoms with Gasteiger partial charge in [0.05, 0.1) is 10.6 Å². The third kappa shape index (κ3) is 4.75. The first-order valence-electron chi connectivity index (χ1n) is 7.97. The van der Waals surface area contributed by atoms with Gasteiger partial charge in [-0.05, 0) is 17.7 Å². The fourth-order valence-electron chi connectivity index (χ4n) is 2.51. The predicted octanol–water partition coefficient (Wildman–Crippen LogP) is 4.76. The lowest BCUT2D eigenvalue weighted by Crippen LogP contribution is -2.18. The summed E-state index contributed by atoms with van der Waals surface area (Å²) in [4.78, 5) is 15.7. The number of anilines is 1. The molecule has 0 aliphatic heterocycles. The first-order valence-corrected chi connectivity index (χ1v) is 8.79. The van der Waals surface area contributed by atoms with Crippen molar-refractivity contribution in [2.75, 3.05) is 5.32 Å². The fourth-order valence-corrected chi connectivity index (χ4v) is 3.53. The molecule has 1 aromatic carbocycles. The summed E-state index contributed by atoms with van der Waals surface area (Å²) in [5.74, 6) is -0.815. The van der Waals surface area contributed by atoms with Crippen molar-refractivity contribution in [3.8, 4) is 0 Å². The number of nitrogens with one attached hydrogen (secondary N) is 1. The minimum Gasteiger partial charge on any atom is -0.310 e. The first kappa shape index (κ1) is 20.8. The van der Waals surface area contributed by atoms with Crippen molar-refractivity contribution in [2.24, 2.45) is 7.05 Å². The standard InChI is InChI=1S/C17H12F6N4OS/c1-27-11(5-6-24-27)14(28)26-15-13(17(21,22)23)25-12(29-15)8-9-3-2-4-10(7-9)16(18,19)20/h2-7H,8H2,1H3,(H,26,28). The smallest absolute Gasteiger partial charge is 0.310 e. The molecule has 0 spiro atoms. The highest BCUT2D eigenvalue weighted by Crippen LogP contribution is 2.39. The largest absolute Gasteiger partial charge is 0.436 e. The number of aromatic nitrogens is 3. The molecule has 2 heterocycles. The zero-order valence-corrected chi connectivity index (χ0v) is 15.4. The van der Waals surface area contributed by atoms with Crippen LogP contribution < -0.4 is 5.32 Å². The lowest BCUT2D eigenvalue weighted by Gasteiger charge is -2.07. The molecule has 0 atom stereocenters. The van der Waals surface area contributed by atoms with Gasteiger partial charge in [-0.25, -0.2) is 4.98 Å². The first-order chi connectivity index (χ1) is 13.4. The highest BCUT2D eigenvalue weighted by Gasteiger charge is 2.38. The maximum atomic E-state index is 13.3. The van der Waals surface area contributed by atoms with E-state index in [1.165, 1.54) is 36.1 Å². The van der Waals surface area contributed by atoms with Crippen LogP contribution in [0.25, 0.3) is 0 Å². The highest BCUT2D eigenvalue weighted by molar-refractivity contribution is 7.16. The van der Waals surface area contributed by atoms with Crippen LogP contribution in [0.1, 0.15) is 32.3 Å². The van der Waals surface area contributed by atoms with Gasteiger partial charge in [0.15, 0.2) is 5.69 Å². The third-order valence-corrected chi connectivity index (χ3v) is 4.80. The van der Waals surface area contributed by atoms with Crippen LogP contribution in [-0.4, -0.2) is 20.7 Å². The Labute approximate surface area is 164 Å².